The first-order chi connectivity index (χ1) is 6.83. The maximum absolute atomic E-state index is 5.72. The van der Waals surface area contributed by atoms with E-state index < -0.39 is 0 Å². The number of benzene rings is 1. The Hall–Kier alpha value is -2.04. The second-order valence-corrected chi connectivity index (χ2v) is 2.67. The van der Waals surface area contributed by atoms with Gasteiger partial charge in [0.1, 0.15) is 0 Å². The van der Waals surface area contributed by atoms with Crippen LogP contribution in [0.2, 0.25) is 0 Å². The van der Waals surface area contributed by atoms with E-state index in [9.17, 15) is 0 Å². The average molecular weight is 191 g/mol. The molecule has 1 aromatic carbocycles. The summed E-state index contributed by atoms with van der Waals surface area (Å²) in [6.45, 7) is 0. The summed E-state index contributed by atoms with van der Waals surface area (Å²) in [6.07, 6.45) is 1.26. The van der Waals surface area contributed by atoms with Crippen LogP contribution in [0.25, 0.3) is 11.5 Å². The van der Waals surface area contributed by atoms with Gasteiger partial charge >= 0.3 is 0 Å². The minimum absolute atomic E-state index is 0.397. The molecular weight excluding hydrogens is 182 g/mol. The largest absolute Gasteiger partial charge is 0.494 e. The van der Waals surface area contributed by atoms with Gasteiger partial charge in [0.15, 0.2) is 5.75 Å². The van der Waals surface area contributed by atoms with E-state index >= 15 is 0 Å². The van der Waals surface area contributed by atoms with Crippen molar-refractivity contribution in [1.82, 2.24) is 10.2 Å². The number of methoxy groups -OCH3 is 1. The average Bonchev–Trinajstić information content (AvgIpc) is 2.70. The van der Waals surface area contributed by atoms with Crippen molar-refractivity contribution in [3.05, 3.63) is 24.6 Å². The molecule has 2 rings (SSSR count). The zero-order valence-electron chi connectivity index (χ0n) is 7.60. The van der Waals surface area contributed by atoms with Crippen molar-refractivity contribution in [3.8, 4) is 17.2 Å². The van der Waals surface area contributed by atoms with Crippen LogP contribution < -0.4 is 10.5 Å². The quantitative estimate of drug-likeness (QED) is 0.725. The van der Waals surface area contributed by atoms with Crippen LogP contribution in [0.1, 0.15) is 0 Å². The molecule has 5 nitrogen and oxygen atoms in total. The highest BCUT2D eigenvalue weighted by atomic mass is 16.5. The fraction of sp³-hybridized carbons (Fsp3) is 0.111. The van der Waals surface area contributed by atoms with Gasteiger partial charge in [0, 0.05) is 0 Å². The lowest BCUT2D eigenvalue weighted by atomic mass is 10.2. The summed E-state index contributed by atoms with van der Waals surface area (Å²) in [4.78, 5) is 0. The standard InChI is InChI=1S/C9H9N3O2/c1-13-8-6(3-2-4-7(8)10)9-12-11-5-14-9/h2-5H,10H2,1H3. The van der Waals surface area contributed by atoms with Crippen LogP contribution in [-0.4, -0.2) is 17.3 Å². The zero-order valence-corrected chi connectivity index (χ0v) is 7.60. The third-order valence-corrected chi connectivity index (χ3v) is 1.84. The van der Waals surface area contributed by atoms with E-state index in [1.807, 2.05) is 6.07 Å². The topological polar surface area (TPSA) is 74.2 Å². The summed E-state index contributed by atoms with van der Waals surface area (Å²) in [5.74, 6) is 0.950. The number of rotatable bonds is 2. The first-order valence-electron chi connectivity index (χ1n) is 4.02. The van der Waals surface area contributed by atoms with Crippen LogP contribution in [0.4, 0.5) is 5.69 Å². The van der Waals surface area contributed by atoms with Gasteiger partial charge in [-0.15, -0.1) is 10.2 Å². The van der Waals surface area contributed by atoms with Gasteiger partial charge < -0.3 is 14.9 Å². The summed E-state index contributed by atoms with van der Waals surface area (Å²) in [5.41, 5.74) is 6.97. The van der Waals surface area contributed by atoms with E-state index in [1.165, 1.54) is 6.39 Å². The lowest BCUT2D eigenvalue weighted by molar-refractivity contribution is 0.416. The molecular formula is C9H9N3O2. The second kappa shape index (κ2) is 3.37. The molecule has 1 aromatic heterocycles. The van der Waals surface area contributed by atoms with E-state index in [2.05, 4.69) is 10.2 Å². The molecule has 2 aromatic rings. The van der Waals surface area contributed by atoms with Gasteiger partial charge in [0.25, 0.3) is 5.89 Å². The Morgan fingerprint density at radius 3 is 2.93 bits per heavy atom. The van der Waals surface area contributed by atoms with E-state index in [1.54, 1.807) is 19.2 Å². The molecule has 0 saturated heterocycles. The summed E-state index contributed by atoms with van der Waals surface area (Å²) >= 11 is 0. The number of nitrogen functional groups attached to an aromatic ring is 1. The molecule has 0 aliphatic heterocycles. The van der Waals surface area contributed by atoms with Crippen molar-refractivity contribution < 1.29 is 9.15 Å². The Bertz CT molecular complexity index is 426. The van der Waals surface area contributed by atoms with Crippen LogP contribution >= 0.6 is 0 Å². The van der Waals surface area contributed by atoms with Crippen LogP contribution in [0, 0.1) is 0 Å². The Morgan fingerprint density at radius 2 is 2.29 bits per heavy atom. The first-order valence-corrected chi connectivity index (χ1v) is 4.02. The van der Waals surface area contributed by atoms with E-state index in [4.69, 9.17) is 14.9 Å². The number of hydrogen-bond acceptors (Lipinski definition) is 5. The number of para-hydroxylation sites is 1. The molecule has 0 radical (unpaired) electrons. The molecule has 0 amide bonds. The highest BCUT2D eigenvalue weighted by Gasteiger charge is 2.12. The van der Waals surface area contributed by atoms with E-state index in [-0.39, 0.29) is 0 Å². The van der Waals surface area contributed by atoms with Crippen molar-refractivity contribution in [1.29, 1.82) is 0 Å². The second-order valence-electron chi connectivity index (χ2n) is 2.67. The molecule has 0 aliphatic rings. The lowest BCUT2D eigenvalue weighted by Gasteiger charge is -2.07. The lowest BCUT2D eigenvalue weighted by Crippen LogP contribution is -1.94. The minimum atomic E-state index is 0.397. The Morgan fingerprint density at radius 1 is 1.43 bits per heavy atom. The van der Waals surface area contributed by atoms with Gasteiger partial charge in [-0.05, 0) is 12.1 Å². The van der Waals surface area contributed by atoms with E-state index in [0.717, 1.165) is 0 Å². The normalized spacial score (nSPS) is 10.1. The summed E-state index contributed by atoms with van der Waals surface area (Å²) in [7, 11) is 1.55. The number of nitrogens with zero attached hydrogens (tertiary/aromatic N) is 2. The fourth-order valence-electron chi connectivity index (χ4n) is 1.24. The monoisotopic (exact) mass is 191 g/mol. The molecule has 1 heterocycles. The maximum Gasteiger partial charge on any atom is 0.251 e. The van der Waals surface area contributed by atoms with Gasteiger partial charge in [-0.2, -0.15) is 0 Å². The SMILES string of the molecule is COc1c(N)cccc1-c1nnco1. The molecule has 5 heteroatoms. The van der Waals surface area contributed by atoms with Crippen LogP contribution in [0.3, 0.4) is 0 Å². The highest BCUT2D eigenvalue weighted by Crippen LogP contribution is 2.33. The Labute approximate surface area is 80.5 Å². The summed E-state index contributed by atoms with van der Waals surface area (Å²) in [5, 5.41) is 7.37. The van der Waals surface area contributed by atoms with Gasteiger partial charge in [-0.3, -0.25) is 0 Å². The molecule has 14 heavy (non-hydrogen) atoms. The van der Waals surface area contributed by atoms with Gasteiger partial charge in [0.2, 0.25) is 6.39 Å². The van der Waals surface area contributed by atoms with Crippen molar-refractivity contribution >= 4 is 5.69 Å². The van der Waals surface area contributed by atoms with Crippen molar-refractivity contribution in [3.63, 3.8) is 0 Å². The molecule has 2 N–H and O–H groups in total. The molecule has 72 valence electrons. The van der Waals surface area contributed by atoms with Gasteiger partial charge in [-0.1, -0.05) is 6.07 Å². The fourth-order valence-corrected chi connectivity index (χ4v) is 1.24. The van der Waals surface area contributed by atoms with Crippen molar-refractivity contribution in [2.24, 2.45) is 0 Å². The predicted molar refractivity (Wildman–Crippen MR) is 50.7 cm³/mol. The number of ether oxygens (including phenoxy) is 1. The van der Waals surface area contributed by atoms with Gasteiger partial charge in [0.05, 0.1) is 18.4 Å². The van der Waals surface area contributed by atoms with Crippen molar-refractivity contribution in [2.45, 2.75) is 0 Å². The third kappa shape index (κ3) is 1.28. The highest BCUT2D eigenvalue weighted by molar-refractivity contribution is 5.72. The molecule has 0 bridgehead atoms. The molecule has 0 spiro atoms. The van der Waals surface area contributed by atoms with E-state index in [0.29, 0.717) is 22.9 Å². The number of aromatic nitrogens is 2. The molecule has 0 saturated carbocycles. The van der Waals surface area contributed by atoms with Crippen molar-refractivity contribution in [2.75, 3.05) is 12.8 Å². The van der Waals surface area contributed by atoms with Crippen LogP contribution in [-0.2, 0) is 0 Å². The first kappa shape index (κ1) is 8.55. The molecule has 0 fully saturated rings. The minimum Gasteiger partial charge on any atom is -0.494 e. The number of anilines is 1. The predicted octanol–water partition coefficient (Wildman–Crippen LogP) is 1.33. The Kier molecular flexibility index (Phi) is 2.06. The molecule has 0 atom stereocenters. The third-order valence-electron chi connectivity index (χ3n) is 1.84. The molecule has 0 aliphatic carbocycles. The molecule has 0 unspecified atom stereocenters. The van der Waals surface area contributed by atoms with Gasteiger partial charge in [-0.25, -0.2) is 0 Å². The summed E-state index contributed by atoms with van der Waals surface area (Å²) in [6, 6.07) is 5.36. The van der Waals surface area contributed by atoms with Crippen LogP contribution in [0.15, 0.2) is 29.0 Å². The number of nitrogens with two attached hydrogens (primary N) is 1. The smallest absolute Gasteiger partial charge is 0.251 e. The maximum atomic E-state index is 5.72. The number of hydrogen-bond donors (Lipinski definition) is 1. The summed E-state index contributed by atoms with van der Waals surface area (Å²) < 4.78 is 10.2. The Balaban J connectivity index is 2.58. The van der Waals surface area contributed by atoms with Crippen LogP contribution in [0.5, 0.6) is 5.75 Å². The zero-order chi connectivity index (χ0) is 9.97.